The van der Waals surface area contributed by atoms with Crippen LogP contribution in [0.15, 0.2) is 24.3 Å². The fourth-order valence-electron chi connectivity index (χ4n) is 1.75. The van der Waals surface area contributed by atoms with Gasteiger partial charge in [-0.05, 0) is 18.6 Å². The van der Waals surface area contributed by atoms with Crippen molar-refractivity contribution in [3.8, 4) is 11.8 Å². The quantitative estimate of drug-likeness (QED) is 0.852. The first-order valence-corrected chi connectivity index (χ1v) is 6.37. The van der Waals surface area contributed by atoms with Crippen LogP contribution in [0.4, 0.5) is 0 Å². The summed E-state index contributed by atoms with van der Waals surface area (Å²) < 4.78 is 1.52. The van der Waals surface area contributed by atoms with Crippen molar-refractivity contribution in [1.82, 2.24) is 9.78 Å². The number of para-hydroxylation sites is 1. The maximum atomic E-state index is 9.13. The van der Waals surface area contributed by atoms with E-state index in [2.05, 4.69) is 11.2 Å². The Morgan fingerprint density at radius 1 is 1.33 bits per heavy atom. The first-order valence-electron chi connectivity index (χ1n) is 5.61. The second-order valence-corrected chi connectivity index (χ2v) is 4.60. The van der Waals surface area contributed by atoms with Crippen molar-refractivity contribution in [1.29, 1.82) is 5.26 Å². The highest BCUT2D eigenvalue weighted by molar-refractivity contribution is 6.33. The molecule has 0 N–H and O–H groups in total. The van der Waals surface area contributed by atoms with Gasteiger partial charge in [-0.25, -0.2) is 4.68 Å². The van der Waals surface area contributed by atoms with Crippen LogP contribution in [0, 0.1) is 11.3 Å². The Balaban J connectivity index is 2.60. The average molecular weight is 280 g/mol. The van der Waals surface area contributed by atoms with E-state index in [1.54, 1.807) is 6.07 Å². The molecule has 0 aliphatic carbocycles. The van der Waals surface area contributed by atoms with Gasteiger partial charge in [0.05, 0.1) is 16.4 Å². The molecule has 0 spiro atoms. The van der Waals surface area contributed by atoms with Gasteiger partial charge in [-0.15, -0.1) is 0 Å². The molecule has 0 aliphatic rings. The topological polar surface area (TPSA) is 41.6 Å². The highest BCUT2D eigenvalue weighted by Gasteiger charge is 2.17. The van der Waals surface area contributed by atoms with E-state index in [0.717, 1.165) is 12.8 Å². The van der Waals surface area contributed by atoms with Gasteiger partial charge < -0.3 is 0 Å². The molecule has 18 heavy (non-hydrogen) atoms. The van der Waals surface area contributed by atoms with Crippen LogP contribution in [-0.4, -0.2) is 9.78 Å². The number of rotatable bonds is 3. The van der Waals surface area contributed by atoms with E-state index in [9.17, 15) is 0 Å². The number of nitriles is 1. The molecule has 5 heteroatoms. The summed E-state index contributed by atoms with van der Waals surface area (Å²) in [7, 11) is 0. The zero-order valence-electron chi connectivity index (χ0n) is 9.82. The summed E-state index contributed by atoms with van der Waals surface area (Å²) in [5.41, 5.74) is 1.83. The third-order valence-corrected chi connectivity index (χ3v) is 3.25. The molecule has 0 bridgehead atoms. The maximum Gasteiger partial charge on any atom is 0.151 e. The molecule has 3 nitrogen and oxygen atoms in total. The fraction of sp³-hybridized carbons (Fsp3) is 0.231. The van der Waals surface area contributed by atoms with E-state index >= 15 is 0 Å². The van der Waals surface area contributed by atoms with Crippen molar-refractivity contribution in [2.24, 2.45) is 0 Å². The molecule has 2 rings (SSSR count). The number of nitrogens with zero attached hydrogens (tertiary/aromatic N) is 3. The largest absolute Gasteiger partial charge is 0.219 e. The molecule has 0 amide bonds. The molecule has 1 aromatic heterocycles. The molecule has 92 valence electrons. The van der Waals surface area contributed by atoms with E-state index in [0.29, 0.717) is 27.1 Å². The zero-order chi connectivity index (χ0) is 13.1. The van der Waals surface area contributed by atoms with Crippen molar-refractivity contribution < 1.29 is 0 Å². The van der Waals surface area contributed by atoms with Gasteiger partial charge >= 0.3 is 0 Å². The van der Waals surface area contributed by atoms with Crippen LogP contribution in [0.5, 0.6) is 0 Å². The molecule has 1 heterocycles. The van der Waals surface area contributed by atoms with Gasteiger partial charge in [0.15, 0.2) is 5.15 Å². The highest BCUT2D eigenvalue weighted by Crippen LogP contribution is 2.27. The number of benzene rings is 1. The van der Waals surface area contributed by atoms with Gasteiger partial charge in [-0.2, -0.15) is 10.4 Å². The molecule has 0 saturated heterocycles. The lowest BCUT2D eigenvalue weighted by Crippen LogP contribution is -1.98. The normalized spacial score (nSPS) is 10.3. The first-order chi connectivity index (χ1) is 8.69. The number of halogens is 2. The van der Waals surface area contributed by atoms with E-state index < -0.39 is 0 Å². The summed E-state index contributed by atoms with van der Waals surface area (Å²) in [5.74, 6) is 0. The second kappa shape index (κ2) is 5.43. The maximum absolute atomic E-state index is 9.13. The highest BCUT2D eigenvalue weighted by atomic mass is 35.5. The van der Waals surface area contributed by atoms with Crippen LogP contribution in [0.3, 0.4) is 0 Å². The van der Waals surface area contributed by atoms with Crippen molar-refractivity contribution >= 4 is 23.2 Å². The van der Waals surface area contributed by atoms with E-state index in [1.807, 2.05) is 25.1 Å². The fourth-order valence-corrected chi connectivity index (χ4v) is 2.24. The average Bonchev–Trinajstić information content (AvgIpc) is 2.67. The molecule has 2 aromatic rings. The number of hydrogen-bond acceptors (Lipinski definition) is 2. The third-order valence-electron chi connectivity index (χ3n) is 2.58. The molecule has 1 aromatic carbocycles. The summed E-state index contributed by atoms with van der Waals surface area (Å²) >= 11 is 12.3. The Labute approximate surface area is 116 Å². The minimum atomic E-state index is 0.314. The molecular formula is C13H11Cl2N3. The van der Waals surface area contributed by atoms with Crippen LogP contribution in [-0.2, 0) is 6.42 Å². The lowest BCUT2D eigenvalue weighted by Gasteiger charge is -2.04. The van der Waals surface area contributed by atoms with E-state index in [1.165, 1.54) is 4.68 Å². The van der Waals surface area contributed by atoms with Crippen molar-refractivity contribution in [3.63, 3.8) is 0 Å². The zero-order valence-corrected chi connectivity index (χ0v) is 11.3. The smallest absolute Gasteiger partial charge is 0.151 e. The van der Waals surface area contributed by atoms with Crippen molar-refractivity contribution in [3.05, 3.63) is 45.7 Å². The van der Waals surface area contributed by atoms with Gasteiger partial charge in [0.25, 0.3) is 0 Å². The lowest BCUT2D eigenvalue weighted by molar-refractivity contribution is 0.807. The van der Waals surface area contributed by atoms with E-state index in [4.69, 9.17) is 28.5 Å². The van der Waals surface area contributed by atoms with Gasteiger partial charge in [-0.1, -0.05) is 48.7 Å². The first kappa shape index (κ1) is 12.9. The van der Waals surface area contributed by atoms with Gasteiger partial charge in [0, 0.05) is 0 Å². The van der Waals surface area contributed by atoms with Gasteiger partial charge in [-0.3, -0.25) is 0 Å². The Morgan fingerprint density at radius 3 is 2.67 bits per heavy atom. The molecule has 0 aliphatic heterocycles. The van der Waals surface area contributed by atoms with E-state index in [-0.39, 0.29) is 0 Å². The predicted molar refractivity (Wildman–Crippen MR) is 72.3 cm³/mol. The van der Waals surface area contributed by atoms with Crippen LogP contribution < -0.4 is 0 Å². The summed E-state index contributed by atoms with van der Waals surface area (Å²) in [5, 5.41) is 14.4. The molecule has 0 radical (unpaired) electrons. The monoisotopic (exact) mass is 279 g/mol. The molecule has 0 unspecified atom stereocenters. The summed E-state index contributed by atoms with van der Waals surface area (Å²) in [6.45, 7) is 2.03. The second-order valence-electron chi connectivity index (χ2n) is 3.84. The van der Waals surface area contributed by atoms with Crippen molar-refractivity contribution in [2.45, 2.75) is 19.8 Å². The molecular weight excluding hydrogens is 269 g/mol. The van der Waals surface area contributed by atoms with Crippen LogP contribution in [0.1, 0.15) is 24.6 Å². The minimum Gasteiger partial charge on any atom is -0.219 e. The summed E-state index contributed by atoms with van der Waals surface area (Å²) in [6.07, 6.45) is 1.63. The van der Waals surface area contributed by atoms with Crippen LogP contribution in [0.25, 0.3) is 5.69 Å². The Bertz CT molecular complexity index is 611. The number of aryl methyl sites for hydroxylation is 1. The van der Waals surface area contributed by atoms with Gasteiger partial charge in [0.1, 0.15) is 11.6 Å². The van der Waals surface area contributed by atoms with Crippen LogP contribution in [0.2, 0.25) is 10.2 Å². The Kier molecular flexibility index (Phi) is 3.90. The summed E-state index contributed by atoms with van der Waals surface area (Å²) in [6, 6.07) is 9.37. The summed E-state index contributed by atoms with van der Waals surface area (Å²) in [4.78, 5) is 0. The Morgan fingerprint density at radius 2 is 2.06 bits per heavy atom. The minimum absolute atomic E-state index is 0.314. The molecule has 0 fully saturated rings. The SMILES string of the molecule is CCCc1nn(-c2ccccc2Cl)c(Cl)c1C#N. The van der Waals surface area contributed by atoms with Crippen LogP contribution >= 0.6 is 23.2 Å². The lowest BCUT2D eigenvalue weighted by atomic mass is 10.2. The van der Waals surface area contributed by atoms with Crippen molar-refractivity contribution in [2.75, 3.05) is 0 Å². The molecule has 0 saturated carbocycles. The molecule has 0 atom stereocenters. The van der Waals surface area contributed by atoms with Gasteiger partial charge in [0.2, 0.25) is 0 Å². The Hall–Kier alpha value is -1.50. The third kappa shape index (κ3) is 2.22. The predicted octanol–water partition coefficient (Wildman–Crippen LogP) is 4.00. The number of hydrogen-bond donors (Lipinski definition) is 0. The standard InChI is InChI=1S/C13H11Cl2N3/c1-2-5-11-9(8-16)13(15)18(17-11)12-7-4-3-6-10(12)14/h3-4,6-7H,2,5H2,1H3. The number of aromatic nitrogens is 2.